The first-order valence-electron chi connectivity index (χ1n) is 8.31. The number of hydrogen-bond acceptors (Lipinski definition) is 3. The number of carbonyl (C=O) groups is 1. The molecule has 4 rings (SSSR count). The summed E-state index contributed by atoms with van der Waals surface area (Å²) in [5, 5.41) is 10.2. The number of amides is 1. The molecule has 2 aromatic rings. The van der Waals surface area contributed by atoms with Crippen LogP contribution in [0.4, 0.5) is 0 Å². The minimum absolute atomic E-state index is 0.0130. The van der Waals surface area contributed by atoms with Crippen LogP contribution in [0.1, 0.15) is 36.0 Å². The zero-order valence-electron chi connectivity index (χ0n) is 13.0. The van der Waals surface area contributed by atoms with Crippen LogP contribution in [-0.2, 0) is 0 Å². The van der Waals surface area contributed by atoms with Crippen molar-refractivity contribution in [3.63, 3.8) is 0 Å². The lowest BCUT2D eigenvalue weighted by Gasteiger charge is -2.45. The van der Waals surface area contributed by atoms with Gasteiger partial charge < -0.3 is 14.6 Å². The van der Waals surface area contributed by atoms with Gasteiger partial charge in [-0.15, -0.1) is 0 Å². The van der Waals surface area contributed by atoms with Gasteiger partial charge in [-0.05, 0) is 55.9 Å². The van der Waals surface area contributed by atoms with Crippen molar-refractivity contribution in [1.29, 1.82) is 0 Å². The van der Waals surface area contributed by atoms with Crippen molar-refractivity contribution in [2.75, 3.05) is 6.54 Å². The molecule has 1 saturated carbocycles. The molecule has 0 aromatic carbocycles. The number of nitrogens with zero attached hydrogens (tertiary/aromatic N) is 3. The molecule has 1 N–H and O–H groups in total. The van der Waals surface area contributed by atoms with Crippen LogP contribution in [0, 0.1) is 5.92 Å². The van der Waals surface area contributed by atoms with E-state index in [9.17, 15) is 9.90 Å². The molecule has 3 atom stereocenters. The van der Waals surface area contributed by atoms with Gasteiger partial charge >= 0.3 is 0 Å². The molecule has 5 heteroatoms. The van der Waals surface area contributed by atoms with Crippen molar-refractivity contribution in [2.24, 2.45) is 5.92 Å². The van der Waals surface area contributed by atoms with E-state index < -0.39 is 0 Å². The summed E-state index contributed by atoms with van der Waals surface area (Å²) in [7, 11) is 0. The van der Waals surface area contributed by atoms with E-state index in [2.05, 4.69) is 4.98 Å². The lowest BCUT2D eigenvalue weighted by atomic mass is 9.78. The number of rotatable bonds is 2. The van der Waals surface area contributed by atoms with E-state index in [-0.39, 0.29) is 18.1 Å². The third kappa shape index (κ3) is 2.65. The Labute approximate surface area is 135 Å². The van der Waals surface area contributed by atoms with Gasteiger partial charge in [0.2, 0.25) is 0 Å². The van der Waals surface area contributed by atoms with Crippen LogP contribution >= 0.6 is 0 Å². The van der Waals surface area contributed by atoms with E-state index in [0.717, 1.165) is 38.0 Å². The molecule has 120 valence electrons. The van der Waals surface area contributed by atoms with Gasteiger partial charge in [0.05, 0.1) is 17.7 Å². The number of likely N-dealkylation sites (tertiary alicyclic amines) is 1. The summed E-state index contributed by atoms with van der Waals surface area (Å²) >= 11 is 0. The van der Waals surface area contributed by atoms with Crippen LogP contribution in [0.5, 0.6) is 0 Å². The highest BCUT2D eigenvalue weighted by Gasteiger charge is 2.39. The predicted molar refractivity (Wildman–Crippen MR) is 86.4 cm³/mol. The maximum absolute atomic E-state index is 12.8. The first kappa shape index (κ1) is 14.5. The van der Waals surface area contributed by atoms with Crippen LogP contribution < -0.4 is 0 Å². The van der Waals surface area contributed by atoms with E-state index in [0.29, 0.717) is 11.5 Å². The van der Waals surface area contributed by atoms with E-state index in [1.807, 2.05) is 46.1 Å². The number of aromatic nitrogens is 2. The summed E-state index contributed by atoms with van der Waals surface area (Å²) in [5.74, 6) is 1.45. The Morgan fingerprint density at radius 3 is 2.74 bits per heavy atom. The highest BCUT2D eigenvalue weighted by Crippen LogP contribution is 2.35. The summed E-state index contributed by atoms with van der Waals surface area (Å²) in [6.07, 6.45) is 8.98. The first-order valence-corrected chi connectivity index (χ1v) is 8.31. The molecular weight excluding hydrogens is 290 g/mol. The van der Waals surface area contributed by atoms with Crippen molar-refractivity contribution in [3.8, 4) is 5.82 Å². The van der Waals surface area contributed by atoms with Crippen molar-refractivity contribution < 1.29 is 9.90 Å². The molecule has 5 nitrogen and oxygen atoms in total. The normalized spacial score (nSPS) is 27.0. The number of pyridine rings is 1. The van der Waals surface area contributed by atoms with E-state index in [1.54, 1.807) is 6.20 Å². The zero-order chi connectivity index (χ0) is 15.8. The van der Waals surface area contributed by atoms with Gasteiger partial charge in [0.15, 0.2) is 0 Å². The minimum atomic E-state index is -0.386. The van der Waals surface area contributed by atoms with Crippen LogP contribution in [0.2, 0.25) is 0 Å². The average molecular weight is 311 g/mol. The third-order valence-corrected chi connectivity index (χ3v) is 5.19. The van der Waals surface area contributed by atoms with Crippen molar-refractivity contribution in [2.45, 2.75) is 37.8 Å². The molecule has 0 spiro atoms. The molecule has 3 unspecified atom stereocenters. The SMILES string of the molecule is O=C(c1ccc(-n2cccc2)nc1)N1CCC2CCC(O)C1C2. The van der Waals surface area contributed by atoms with Gasteiger partial charge in [-0.25, -0.2) is 4.98 Å². The Morgan fingerprint density at radius 2 is 2.00 bits per heavy atom. The van der Waals surface area contributed by atoms with Crippen LogP contribution in [0.25, 0.3) is 5.82 Å². The maximum Gasteiger partial charge on any atom is 0.255 e. The molecule has 3 heterocycles. The molecule has 2 bridgehead atoms. The fraction of sp³-hybridized carbons (Fsp3) is 0.444. The molecule has 2 fully saturated rings. The zero-order valence-corrected chi connectivity index (χ0v) is 13.0. The lowest BCUT2D eigenvalue weighted by Crippen LogP contribution is -2.54. The molecule has 1 aliphatic carbocycles. The molecule has 0 radical (unpaired) electrons. The summed E-state index contributed by atoms with van der Waals surface area (Å²) in [6.45, 7) is 0.741. The van der Waals surface area contributed by atoms with Gasteiger partial charge in [-0.1, -0.05) is 0 Å². The summed E-state index contributed by atoms with van der Waals surface area (Å²) in [4.78, 5) is 19.1. The number of hydrogen-bond donors (Lipinski definition) is 1. The topological polar surface area (TPSA) is 58.4 Å². The predicted octanol–water partition coefficient (Wildman–Crippen LogP) is 2.25. The Balaban J connectivity index is 1.54. The largest absolute Gasteiger partial charge is 0.391 e. The molecule has 1 aliphatic heterocycles. The molecule has 2 aliphatic rings. The smallest absolute Gasteiger partial charge is 0.255 e. The molecule has 23 heavy (non-hydrogen) atoms. The number of fused-ring (bicyclic) bond motifs is 2. The second-order valence-corrected chi connectivity index (χ2v) is 6.60. The highest BCUT2D eigenvalue weighted by molar-refractivity contribution is 5.94. The van der Waals surface area contributed by atoms with E-state index in [1.165, 1.54) is 0 Å². The Bertz CT molecular complexity index is 681. The quantitative estimate of drug-likeness (QED) is 0.925. The second kappa shape index (κ2) is 5.81. The molecule has 1 amide bonds. The fourth-order valence-electron chi connectivity index (χ4n) is 3.87. The van der Waals surface area contributed by atoms with Gasteiger partial charge in [-0.3, -0.25) is 4.79 Å². The summed E-state index contributed by atoms with van der Waals surface area (Å²) in [6, 6.07) is 7.53. The van der Waals surface area contributed by atoms with Crippen LogP contribution in [0.3, 0.4) is 0 Å². The Kier molecular flexibility index (Phi) is 3.65. The Morgan fingerprint density at radius 1 is 1.17 bits per heavy atom. The minimum Gasteiger partial charge on any atom is -0.391 e. The van der Waals surface area contributed by atoms with E-state index >= 15 is 0 Å². The summed E-state index contributed by atoms with van der Waals surface area (Å²) < 4.78 is 1.91. The van der Waals surface area contributed by atoms with Gasteiger partial charge in [0, 0.05) is 25.1 Å². The van der Waals surface area contributed by atoms with Crippen LogP contribution in [-0.4, -0.2) is 44.2 Å². The molecule has 2 aromatic heterocycles. The number of piperidine rings is 1. The number of aliphatic hydroxyl groups excluding tert-OH is 1. The average Bonchev–Trinajstić information content (AvgIpc) is 3.13. The fourth-order valence-corrected chi connectivity index (χ4v) is 3.87. The van der Waals surface area contributed by atoms with Gasteiger partial charge in [0.1, 0.15) is 5.82 Å². The van der Waals surface area contributed by atoms with Gasteiger partial charge in [-0.2, -0.15) is 0 Å². The highest BCUT2D eigenvalue weighted by atomic mass is 16.3. The standard InChI is InChI=1S/C18H21N3O2/c22-16-5-3-13-7-10-21(15(16)11-13)18(23)14-4-6-17(19-12-14)20-8-1-2-9-20/h1-2,4,6,8-9,12-13,15-16,22H,3,5,7,10-11H2. The molecular formula is C18H21N3O2. The lowest BCUT2D eigenvalue weighted by molar-refractivity contribution is -0.0184. The third-order valence-electron chi connectivity index (χ3n) is 5.19. The van der Waals surface area contributed by atoms with Crippen molar-refractivity contribution >= 4 is 5.91 Å². The second-order valence-electron chi connectivity index (χ2n) is 6.60. The monoisotopic (exact) mass is 311 g/mol. The van der Waals surface area contributed by atoms with Crippen molar-refractivity contribution in [1.82, 2.24) is 14.5 Å². The van der Waals surface area contributed by atoms with Crippen molar-refractivity contribution in [3.05, 3.63) is 48.4 Å². The number of carbonyl (C=O) groups excluding carboxylic acids is 1. The van der Waals surface area contributed by atoms with Crippen LogP contribution in [0.15, 0.2) is 42.9 Å². The molecule has 1 saturated heterocycles. The van der Waals surface area contributed by atoms with Gasteiger partial charge in [0.25, 0.3) is 5.91 Å². The number of aliphatic hydroxyl groups is 1. The maximum atomic E-state index is 12.8. The summed E-state index contributed by atoms with van der Waals surface area (Å²) in [5.41, 5.74) is 0.595. The van der Waals surface area contributed by atoms with E-state index in [4.69, 9.17) is 0 Å². The Hall–Kier alpha value is -2.14. The first-order chi connectivity index (χ1) is 11.2.